The first-order chi connectivity index (χ1) is 13.4. The fourth-order valence-electron chi connectivity index (χ4n) is 3.33. The number of carbonyl (C=O) groups excluding carboxylic acids is 2. The molecule has 28 heavy (non-hydrogen) atoms. The fourth-order valence-corrected chi connectivity index (χ4v) is 4.17. The lowest BCUT2D eigenvalue weighted by Gasteiger charge is -2.23. The fraction of sp³-hybridized carbons (Fsp3) is 0.364. The van der Waals surface area contributed by atoms with Crippen molar-refractivity contribution in [2.75, 3.05) is 6.54 Å². The molecule has 2 heterocycles. The molecule has 0 aliphatic carbocycles. The monoisotopic (exact) mass is 399 g/mol. The summed E-state index contributed by atoms with van der Waals surface area (Å²) >= 11 is 1.47. The minimum absolute atomic E-state index is 0.0110. The molecule has 1 aliphatic rings. The number of amides is 1. The highest BCUT2D eigenvalue weighted by molar-refractivity contribution is 7.10. The Hall–Kier alpha value is -2.60. The highest BCUT2D eigenvalue weighted by atomic mass is 32.1. The third-order valence-electron chi connectivity index (χ3n) is 4.58. The standard InChI is InChI=1S/C22H25NO4S/c1-4-5-11-23-19(17-10-7-12-28-17)18(21(25)22(23)26)20(24)15-8-6-9-16(13-15)27-14(2)3/h6-10,12-14,19,24H,4-5,11H2,1-3H3/b20-18-. The number of aliphatic hydroxyl groups excluding tert-OH is 1. The number of hydrogen-bond donors (Lipinski definition) is 1. The SMILES string of the molecule is CCCCN1C(=O)C(=O)/C(=C(\O)c2cccc(OC(C)C)c2)C1c1cccs1. The van der Waals surface area contributed by atoms with Crippen LogP contribution in [0.3, 0.4) is 0 Å². The summed E-state index contributed by atoms with van der Waals surface area (Å²) in [6.45, 7) is 6.36. The van der Waals surface area contributed by atoms with E-state index in [1.54, 1.807) is 29.2 Å². The Labute approximate surface area is 169 Å². The summed E-state index contributed by atoms with van der Waals surface area (Å²) in [6, 6.07) is 10.2. The number of ketones is 1. The number of nitrogens with zero attached hydrogens (tertiary/aromatic N) is 1. The molecule has 1 unspecified atom stereocenters. The molecular formula is C22H25NO4S. The van der Waals surface area contributed by atoms with Gasteiger partial charge in [-0.3, -0.25) is 9.59 Å². The van der Waals surface area contributed by atoms with Gasteiger partial charge in [0.05, 0.1) is 17.7 Å². The van der Waals surface area contributed by atoms with Crippen molar-refractivity contribution in [1.82, 2.24) is 4.90 Å². The van der Waals surface area contributed by atoms with Crippen molar-refractivity contribution in [2.45, 2.75) is 45.8 Å². The zero-order valence-electron chi connectivity index (χ0n) is 16.3. The highest BCUT2D eigenvalue weighted by Gasteiger charge is 2.46. The van der Waals surface area contributed by atoms with Gasteiger partial charge in [-0.2, -0.15) is 0 Å². The minimum atomic E-state index is -0.637. The van der Waals surface area contributed by atoms with E-state index < -0.39 is 17.7 Å². The van der Waals surface area contributed by atoms with Crippen molar-refractivity contribution in [1.29, 1.82) is 0 Å². The Kier molecular flexibility index (Phi) is 6.19. The average Bonchev–Trinajstić information content (AvgIpc) is 3.27. The van der Waals surface area contributed by atoms with E-state index in [0.717, 1.165) is 17.7 Å². The molecule has 1 saturated heterocycles. The molecule has 0 bridgehead atoms. The number of aliphatic hydroxyl groups is 1. The summed E-state index contributed by atoms with van der Waals surface area (Å²) in [6.07, 6.45) is 1.70. The molecule has 6 heteroatoms. The summed E-state index contributed by atoms with van der Waals surface area (Å²) in [7, 11) is 0. The van der Waals surface area contributed by atoms with Gasteiger partial charge in [-0.05, 0) is 43.8 Å². The van der Waals surface area contributed by atoms with E-state index in [2.05, 4.69) is 0 Å². The first kappa shape index (κ1) is 20.1. The van der Waals surface area contributed by atoms with Crippen molar-refractivity contribution < 1.29 is 19.4 Å². The molecule has 3 rings (SSSR count). The summed E-state index contributed by atoms with van der Waals surface area (Å²) in [5.41, 5.74) is 0.610. The van der Waals surface area contributed by atoms with Crippen LogP contribution in [0, 0.1) is 0 Å². The second-order valence-corrected chi connectivity index (χ2v) is 8.04. The Morgan fingerprint density at radius 2 is 2.04 bits per heavy atom. The van der Waals surface area contributed by atoms with Gasteiger partial charge in [0.15, 0.2) is 0 Å². The number of unbranched alkanes of at least 4 members (excludes halogenated alkanes) is 1. The first-order valence-electron chi connectivity index (χ1n) is 9.53. The highest BCUT2D eigenvalue weighted by Crippen LogP contribution is 2.41. The molecule has 1 aromatic heterocycles. The lowest BCUT2D eigenvalue weighted by Crippen LogP contribution is -2.30. The van der Waals surface area contributed by atoms with Crippen LogP contribution in [0.1, 0.15) is 50.1 Å². The number of hydrogen-bond acceptors (Lipinski definition) is 5. The molecule has 1 N–H and O–H groups in total. The van der Waals surface area contributed by atoms with Gasteiger partial charge in [-0.25, -0.2) is 0 Å². The quantitative estimate of drug-likeness (QED) is 0.414. The largest absolute Gasteiger partial charge is 0.507 e. The molecule has 1 atom stereocenters. The van der Waals surface area contributed by atoms with Gasteiger partial charge < -0.3 is 14.7 Å². The summed E-state index contributed by atoms with van der Waals surface area (Å²) < 4.78 is 5.70. The molecule has 1 fully saturated rings. The van der Waals surface area contributed by atoms with Crippen LogP contribution in [0.4, 0.5) is 0 Å². The number of rotatable bonds is 7. The lowest BCUT2D eigenvalue weighted by molar-refractivity contribution is -0.139. The van der Waals surface area contributed by atoms with Crippen molar-refractivity contribution in [3.8, 4) is 5.75 Å². The van der Waals surface area contributed by atoms with E-state index in [1.165, 1.54) is 11.3 Å². The molecule has 0 spiro atoms. The topological polar surface area (TPSA) is 66.8 Å². The van der Waals surface area contributed by atoms with Crippen LogP contribution in [0.2, 0.25) is 0 Å². The van der Waals surface area contributed by atoms with Crippen LogP contribution in [-0.4, -0.2) is 34.3 Å². The first-order valence-corrected chi connectivity index (χ1v) is 10.4. The summed E-state index contributed by atoms with van der Waals surface area (Å²) in [5, 5.41) is 12.9. The Bertz CT molecular complexity index is 886. The predicted octanol–water partition coefficient (Wildman–Crippen LogP) is 4.76. The Balaban J connectivity index is 2.08. The van der Waals surface area contributed by atoms with Gasteiger partial charge in [-0.15, -0.1) is 11.3 Å². The third kappa shape index (κ3) is 3.97. The van der Waals surface area contributed by atoms with Gasteiger partial charge >= 0.3 is 0 Å². The average molecular weight is 400 g/mol. The molecular weight excluding hydrogens is 374 g/mol. The lowest BCUT2D eigenvalue weighted by atomic mass is 9.99. The molecule has 1 aromatic carbocycles. The van der Waals surface area contributed by atoms with Crippen LogP contribution in [0.5, 0.6) is 5.75 Å². The number of likely N-dealkylation sites (tertiary alicyclic amines) is 1. The normalized spacial score (nSPS) is 18.9. The molecule has 1 aliphatic heterocycles. The van der Waals surface area contributed by atoms with E-state index in [-0.39, 0.29) is 17.4 Å². The second-order valence-electron chi connectivity index (χ2n) is 7.06. The van der Waals surface area contributed by atoms with Crippen molar-refractivity contribution in [3.63, 3.8) is 0 Å². The van der Waals surface area contributed by atoms with Gasteiger partial charge in [-0.1, -0.05) is 31.5 Å². The summed E-state index contributed by atoms with van der Waals surface area (Å²) in [5.74, 6) is -0.748. The van der Waals surface area contributed by atoms with Gasteiger partial charge in [0.2, 0.25) is 0 Å². The number of Topliss-reactive ketones (excluding diaryl/α,β-unsaturated/α-hetero) is 1. The van der Waals surface area contributed by atoms with E-state index in [9.17, 15) is 14.7 Å². The molecule has 2 aromatic rings. The van der Waals surface area contributed by atoms with Crippen LogP contribution >= 0.6 is 11.3 Å². The van der Waals surface area contributed by atoms with E-state index >= 15 is 0 Å². The van der Waals surface area contributed by atoms with Gasteiger partial charge in [0.1, 0.15) is 11.5 Å². The van der Waals surface area contributed by atoms with Crippen LogP contribution in [-0.2, 0) is 9.59 Å². The van der Waals surface area contributed by atoms with Gasteiger partial charge in [0.25, 0.3) is 11.7 Å². The smallest absolute Gasteiger partial charge is 0.295 e. The van der Waals surface area contributed by atoms with Crippen LogP contribution in [0.15, 0.2) is 47.4 Å². The zero-order valence-corrected chi connectivity index (χ0v) is 17.2. The maximum atomic E-state index is 12.8. The van der Waals surface area contributed by atoms with Crippen molar-refractivity contribution >= 4 is 28.8 Å². The molecule has 0 saturated carbocycles. The Morgan fingerprint density at radius 3 is 2.68 bits per heavy atom. The third-order valence-corrected chi connectivity index (χ3v) is 5.51. The predicted molar refractivity (Wildman–Crippen MR) is 110 cm³/mol. The number of ether oxygens (including phenoxy) is 1. The van der Waals surface area contributed by atoms with Crippen molar-refractivity contribution in [3.05, 3.63) is 57.8 Å². The zero-order chi connectivity index (χ0) is 20.3. The van der Waals surface area contributed by atoms with E-state index in [1.807, 2.05) is 38.3 Å². The van der Waals surface area contributed by atoms with Crippen molar-refractivity contribution in [2.24, 2.45) is 0 Å². The second kappa shape index (κ2) is 8.61. The maximum absolute atomic E-state index is 12.8. The van der Waals surface area contributed by atoms with Gasteiger partial charge in [0, 0.05) is 17.0 Å². The molecule has 0 radical (unpaired) electrons. The Morgan fingerprint density at radius 1 is 1.25 bits per heavy atom. The van der Waals surface area contributed by atoms with Crippen LogP contribution < -0.4 is 4.74 Å². The maximum Gasteiger partial charge on any atom is 0.295 e. The number of benzene rings is 1. The molecule has 1 amide bonds. The molecule has 148 valence electrons. The van der Waals surface area contributed by atoms with E-state index in [4.69, 9.17) is 4.74 Å². The minimum Gasteiger partial charge on any atom is -0.507 e. The van der Waals surface area contributed by atoms with E-state index in [0.29, 0.717) is 17.9 Å². The summed E-state index contributed by atoms with van der Waals surface area (Å²) in [4.78, 5) is 28.0. The molecule has 5 nitrogen and oxygen atoms in total. The van der Waals surface area contributed by atoms with Crippen LogP contribution in [0.25, 0.3) is 5.76 Å². The number of thiophene rings is 1. The number of carbonyl (C=O) groups is 2.